The van der Waals surface area contributed by atoms with E-state index in [1.54, 1.807) is 0 Å². The van der Waals surface area contributed by atoms with Crippen LogP contribution in [0.1, 0.15) is 40.0 Å². The Morgan fingerprint density at radius 2 is 1.88 bits per heavy atom. The van der Waals surface area contributed by atoms with Gasteiger partial charge in [0.2, 0.25) is 0 Å². The number of amides is 2. The van der Waals surface area contributed by atoms with Crippen molar-refractivity contribution in [3.05, 3.63) is 0 Å². The summed E-state index contributed by atoms with van der Waals surface area (Å²) in [5.74, 6) is 0.747. The second-order valence-corrected chi connectivity index (χ2v) is 5.27. The van der Waals surface area contributed by atoms with Crippen LogP contribution in [-0.2, 0) is 4.74 Å². The van der Waals surface area contributed by atoms with Gasteiger partial charge in [-0.05, 0) is 19.3 Å². The number of hydrogen-bond acceptors (Lipinski definition) is 2. The molecule has 0 bridgehead atoms. The zero-order valence-corrected chi connectivity index (χ0v) is 11.4. The van der Waals surface area contributed by atoms with Crippen molar-refractivity contribution < 1.29 is 9.53 Å². The molecular formula is C13H26N2O2. The van der Waals surface area contributed by atoms with Crippen LogP contribution in [0.25, 0.3) is 0 Å². The lowest BCUT2D eigenvalue weighted by molar-refractivity contribution is 0.0525. The van der Waals surface area contributed by atoms with Crippen LogP contribution in [0.4, 0.5) is 4.79 Å². The standard InChI is InChI=1S/C13H26N2O2/c1-11(2)5-4-6-12(3)14-13(16)15-7-9-17-10-8-15/h11-12H,4-10H2,1-3H3,(H,14,16)/t12-/m1/s1. The summed E-state index contributed by atoms with van der Waals surface area (Å²) in [6.07, 6.45) is 3.48. The fraction of sp³-hybridized carbons (Fsp3) is 0.923. The van der Waals surface area contributed by atoms with Crippen molar-refractivity contribution in [3.63, 3.8) is 0 Å². The van der Waals surface area contributed by atoms with E-state index in [0.29, 0.717) is 26.3 Å². The normalized spacial score (nSPS) is 18.2. The molecule has 0 aromatic carbocycles. The van der Waals surface area contributed by atoms with Gasteiger partial charge in [-0.1, -0.05) is 26.7 Å². The first-order chi connectivity index (χ1) is 8.09. The highest BCUT2D eigenvalue weighted by molar-refractivity contribution is 5.74. The number of nitrogens with one attached hydrogen (secondary N) is 1. The highest BCUT2D eigenvalue weighted by Gasteiger charge is 2.17. The van der Waals surface area contributed by atoms with E-state index in [1.165, 1.54) is 12.8 Å². The largest absolute Gasteiger partial charge is 0.378 e. The highest BCUT2D eigenvalue weighted by atomic mass is 16.5. The van der Waals surface area contributed by atoms with Crippen molar-refractivity contribution in [1.82, 2.24) is 10.2 Å². The minimum atomic E-state index is 0.0605. The quantitative estimate of drug-likeness (QED) is 0.803. The molecule has 1 heterocycles. The molecule has 0 saturated carbocycles. The summed E-state index contributed by atoms with van der Waals surface area (Å²) in [4.78, 5) is 13.7. The third kappa shape index (κ3) is 5.91. The molecule has 0 aromatic heterocycles. The summed E-state index contributed by atoms with van der Waals surface area (Å²) in [5.41, 5.74) is 0. The van der Waals surface area contributed by atoms with E-state index in [2.05, 4.69) is 26.1 Å². The maximum Gasteiger partial charge on any atom is 0.317 e. The molecule has 1 rings (SSSR count). The van der Waals surface area contributed by atoms with Crippen LogP contribution in [-0.4, -0.2) is 43.3 Å². The molecule has 0 radical (unpaired) electrons. The SMILES string of the molecule is CC(C)CCC[C@@H](C)NC(=O)N1CCOCC1. The zero-order valence-electron chi connectivity index (χ0n) is 11.4. The predicted molar refractivity (Wildman–Crippen MR) is 69.1 cm³/mol. The molecule has 1 fully saturated rings. The van der Waals surface area contributed by atoms with Crippen LogP contribution in [0, 0.1) is 5.92 Å². The zero-order chi connectivity index (χ0) is 12.7. The van der Waals surface area contributed by atoms with Gasteiger partial charge in [0.05, 0.1) is 13.2 Å². The molecule has 2 amide bonds. The molecule has 0 unspecified atom stereocenters. The van der Waals surface area contributed by atoms with E-state index >= 15 is 0 Å². The van der Waals surface area contributed by atoms with Gasteiger partial charge < -0.3 is 15.0 Å². The van der Waals surface area contributed by atoms with Crippen LogP contribution in [0.15, 0.2) is 0 Å². The Bertz CT molecular complexity index is 225. The van der Waals surface area contributed by atoms with Crippen molar-refractivity contribution in [1.29, 1.82) is 0 Å². The van der Waals surface area contributed by atoms with Crippen molar-refractivity contribution >= 4 is 6.03 Å². The fourth-order valence-electron chi connectivity index (χ4n) is 1.97. The maximum absolute atomic E-state index is 11.9. The van der Waals surface area contributed by atoms with Crippen molar-refractivity contribution in [3.8, 4) is 0 Å². The molecule has 1 aliphatic heterocycles. The molecule has 1 N–H and O–H groups in total. The first kappa shape index (κ1) is 14.3. The number of nitrogens with zero attached hydrogens (tertiary/aromatic N) is 1. The minimum Gasteiger partial charge on any atom is -0.378 e. The number of carbonyl (C=O) groups is 1. The molecule has 0 aliphatic carbocycles. The summed E-state index contributed by atoms with van der Waals surface area (Å²) in [6, 6.07) is 0.328. The summed E-state index contributed by atoms with van der Waals surface area (Å²) >= 11 is 0. The molecule has 4 heteroatoms. The number of rotatable bonds is 5. The second-order valence-electron chi connectivity index (χ2n) is 5.27. The minimum absolute atomic E-state index is 0.0605. The van der Waals surface area contributed by atoms with Crippen LogP contribution in [0.5, 0.6) is 0 Å². The Morgan fingerprint density at radius 3 is 2.47 bits per heavy atom. The van der Waals surface area contributed by atoms with Gasteiger partial charge in [0.15, 0.2) is 0 Å². The van der Waals surface area contributed by atoms with Crippen LogP contribution in [0.3, 0.4) is 0 Å². The third-order valence-electron chi connectivity index (χ3n) is 3.09. The summed E-state index contributed by atoms with van der Waals surface area (Å²) in [7, 11) is 0. The average molecular weight is 242 g/mol. The summed E-state index contributed by atoms with van der Waals surface area (Å²) in [6.45, 7) is 9.30. The van der Waals surface area contributed by atoms with E-state index in [0.717, 1.165) is 12.3 Å². The van der Waals surface area contributed by atoms with E-state index < -0.39 is 0 Å². The molecular weight excluding hydrogens is 216 g/mol. The molecule has 1 saturated heterocycles. The maximum atomic E-state index is 11.9. The topological polar surface area (TPSA) is 41.6 Å². The Morgan fingerprint density at radius 1 is 1.24 bits per heavy atom. The number of hydrogen-bond donors (Lipinski definition) is 1. The molecule has 100 valence electrons. The van der Waals surface area contributed by atoms with Gasteiger partial charge in [0.1, 0.15) is 0 Å². The smallest absolute Gasteiger partial charge is 0.317 e. The van der Waals surface area contributed by atoms with Crippen molar-refractivity contribution in [2.75, 3.05) is 26.3 Å². The summed E-state index contributed by atoms with van der Waals surface area (Å²) < 4.78 is 5.22. The van der Waals surface area contributed by atoms with Crippen LogP contribution < -0.4 is 5.32 Å². The Labute approximate surface area is 105 Å². The molecule has 1 aliphatic rings. The first-order valence-electron chi connectivity index (χ1n) is 6.72. The molecule has 17 heavy (non-hydrogen) atoms. The predicted octanol–water partition coefficient (Wildman–Crippen LogP) is 2.24. The van der Waals surface area contributed by atoms with Gasteiger partial charge in [-0.25, -0.2) is 4.79 Å². The average Bonchev–Trinajstić information content (AvgIpc) is 2.29. The van der Waals surface area contributed by atoms with Gasteiger partial charge >= 0.3 is 6.03 Å². The molecule has 0 spiro atoms. The fourth-order valence-corrected chi connectivity index (χ4v) is 1.97. The Hall–Kier alpha value is -0.770. The lowest BCUT2D eigenvalue weighted by atomic mass is 10.0. The van der Waals surface area contributed by atoms with Gasteiger partial charge in [0.25, 0.3) is 0 Å². The monoisotopic (exact) mass is 242 g/mol. The van der Waals surface area contributed by atoms with E-state index in [1.807, 2.05) is 4.90 Å². The Kier molecular flexibility index (Phi) is 6.34. The number of carbonyl (C=O) groups excluding carboxylic acids is 1. The molecule has 1 atom stereocenters. The Balaban J connectivity index is 2.15. The van der Waals surface area contributed by atoms with Crippen LogP contribution >= 0.6 is 0 Å². The lowest BCUT2D eigenvalue weighted by Crippen LogP contribution is -2.48. The summed E-state index contributed by atoms with van der Waals surface area (Å²) in [5, 5.41) is 3.05. The van der Waals surface area contributed by atoms with E-state index in [-0.39, 0.29) is 12.1 Å². The first-order valence-corrected chi connectivity index (χ1v) is 6.72. The van der Waals surface area contributed by atoms with Crippen LogP contribution in [0.2, 0.25) is 0 Å². The van der Waals surface area contributed by atoms with Gasteiger partial charge in [-0.3, -0.25) is 0 Å². The van der Waals surface area contributed by atoms with E-state index in [9.17, 15) is 4.79 Å². The van der Waals surface area contributed by atoms with Gasteiger partial charge in [-0.15, -0.1) is 0 Å². The van der Waals surface area contributed by atoms with E-state index in [4.69, 9.17) is 4.74 Å². The number of morpholine rings is 1. The molecule has 0 aromatic rings. The van der Waals surface area contributed by atoms with Crippen molar-refractivity contribution in [2.24, 2.45) is 5.92 Å². The lowest BCUT2D eigenvalue weighted by Gasteiger charge is -2.28. The second kappa shape index (κ2) is 7.54. The number of ether oxygens (including phenoxy) is 1. The third-order valence-corrected chi connectivity index (χ3v) is 3.09. The molecule has 4 nitrogen and oxygen atoms in total. The van der Waals surface area contributed by atoms with Gasteiger partial charge in [-0.2, -0.15) is 0 Å². The number of urea groups is 1. The highest BCUT2D eigenvalue weighted by Crippen LogP contribution is 2.08. The van der Waals surface area contributed by atoms with Crippen molar-refractivity contribution in [2.45, 2.75) is 46.1 Å². The van der Waals surface area contributed by atoms with Gasteiger partial charge in [0, 0.05) is 19.1 Å².